The van der Waals surface area contributed by atoms with E-state index in [0.717, 1.165) is 11.1 Å². The molecule has 0 radical (unpaired) electrons. The van der Waals surface area contributed by atoms with Gasteiger partial charge in [0.2, 0.25) is 5.89 Å². The van der Waals surface area contributed by atoms with Crippen LogP contribution in [0.15, 0.2) is 65.3 Å². The van der Waals surface area contributed by atoms with Gasteiger partial charge in [-0.05, 0) is 35.9 Å². The third kappa shape index (κ3) is 4.76. The Morgan fingerprint density at radius 1 is 1.07 bits per heavy atom. The lowest BCUT2D eigenvalue weighted by atomic mass is 10.2. The van der Waals surface area contributed by atoms with Crippen molar-refractivity contribution >= 4 is 12.0 Å². The molecule has 6 nitrogen and oxygen atoms in total. The number of benzene rings is 2. The van der Waals surface area contributed by atoms with Crippen LogP contribution in [0.4, 0.5) is 0 Å². The summed E-state index contributed by atoms with van der Waals surface area (Å²) >= 11 is 0. The monoisotopic (exact) mass is 365 g/mol. The number of carbonyl (C=O) groups excluding carboxylic acids is 1. The van der Waals surface area contributed by atoms with E-state index in [4.69, 9.17) is 18.6 Å². The van der Waals surface area contributed by atoms with E-state index < -0.39 is 5.97 Å². The number of nitrogens with zero attached hydrogens (tertiary/aromatic N) is 1. The van der Waals surface area contributed by atoms with E-state index in [-0.39, 0.29) is 6.61 Å². The van der Waals surface area contributed by atoms with Crippen molar-refractivity contribution < 1.29 is 23.4 Å². The van der Waals surface area contributed by atoms with E-state index in [2.05, 4.69) is 4.98 Å². The van der Waals surface area contributed by atoms with Gasteiger partial charge in [-0.25, -0.2) is 9.78 Å². The molecule has 0 atom stereocenters. The average Bonchev–Trinajstić information content (AvgIpc) is 3.20. The first-order valence-electron chi connectivity index (χ1n) is 8.26. The Balaban J connectivity index is 1.57. The molecule has 0 saturated carbocycles. The standard InChI is InChI=1S/C21H19NO5/c1-24-18-10-8-15(12-19(18)25-2)9-11-20(23)26-13-17-14-27-21(22-17)16-6-4-3-5-7-16/h3-12,14H,13H2,1-2H3/b11-9+. The van der Waals surface area contributed by atoms with Crippen molar-refractivity contribution in [3.8, 4) is 23.0 Å². The zero-order valence-electron chi connectivity index (χ0n) is 15.0. The SMILES string of the molecule is COc1ccc(/C=C/C(=O)OCc2coc(-c3ccccc3)n2)cc1OC. The molecule has 0 aliphatic heterocycles. The van der Waals surface area contributed by atoms with Gasteiger partial charge in [-0.15, -0.1) is 0 Å². The minimum atomic E-state index is -0.478. The van der Waals surface area contributed by atoms with Crippen LogP contribution in [0.25, 0.3) is 17.5 Å². The number of carbonyl (C=O) groups is 1. The third-order valence-corrected chi connectivity index (χ3v) is 3.75. The van der Waals surface area contributed by atoms with Crippen LogP contribution in [-0.4, -0.2) is 25.2 Å². The molecule has 1 aromatic heterocycles. The fourth-order valence-corrected chi connectivity index (χ4v) is 2.40. The average molecular weight is 365 g/mol. The first kappa shape index (κ1) is 18.3. The second kappa shape index (κ2) is 8.71. The molecule has 0 unspecified atom stereocenters. The van der Waals surface area contributed by atoms with E-state index >= 15 is 0 Å². The van der Waals surface area contributed by atoms with Gasteiger partial charge >= 0.3 is 5.97 Å². The molecular weight excluding hydrogens is 346 g/mol. The lowest BCUT2D eigenvalue weighted by molar-refractivity contribution is -0.139. The van der Waals surface area contributed by atoms with Crippen molar-refractivity contribution in [1.29, 1.82) is 0 Å². The highest BCUT2D eigenvalue weighted by molar-refractivity contribution is 5.87. The van der Waals surface area contributed by atoms with Crippen molar-refractivity contribution in [2.75, 3.05) is 14.2 Å². The number of methoxy groups -OCH3 is 2. The van der Waals surface area contributed by atoms with Gasteiger partial charge in [0.05, 0.1) is 14.2 Å². The first-order chi connectivity index (χ1) is 13.2. The molecule has 6 heteroatoms. The molecule has 0 bridgehead atoms. The Labute approximate surface area is 157 Å². The van der Waals surface area contributed by atoms with Crippen LogP contribution >= 0.6 is 0 Å². The summed E-state index contributed by atoms with van der Waals surface area (Å²) in [5, 5.41) is 0. The maximum absolute atomic E-state index is 11.9. The Bertz CT molecular complexity index is 931. The van der Waals surface area contributed by atoms with E-state index in [0.29, 0.717) is 23.1 Å². The third-order valence-electron chi connectivity index (χ3n) is 3.75. The number of esters is 1. The molecule has 3 rings (SSSR count). The highest BCUT2D eigenvalue weighted by atomic mass is 16.5. The zero-order chi connectivity index (χ0) is 19.1. The Morgan fingerprint density at radius 3 is 2.59 bits per heavy atom. The maximum atomic E-state index is 11.9. The number of rotatable bonds is 7. The van der Waals surface area contributed by atoms with E-state index in [1.165, 1.54) is 12.3 Å². The molecule has 2 aromatic carbocycles. The molecule has 0 amide bonds. The summed E-state index contributed by atoms with van der Waals surface area (Å²) in [7, 11) is 3.12. The van der Waals surface area contributed by atoms with Crippen molar-refractivity contribution in [2.45, 2.75) is 6.61 Å². The van der Waals surface area contributed by atoms with Crippen LogP contribution in [0, 0.1) is 0 Å². The van der Waals surface area contributed by atoms with Gasteiger partial charge in [0.25, 0.3) is 0 Å². The molecule has 3 aromatic rings. The Hall–Kier alpha value is -3.54. The topological polar surface area (TPSA) is 70.8 Å². The van der Waals surface area contributed by atoms with Gasteiger partial charge in [-0.1, -0.05) is 24.3 Å². The van der Waals surface area contributed by atoms with E-state index in [9.17, 15) is 4.79 Å². The summed E-state index contributed by atoms with van der Waals surface area (Å²) in [5.41, 5.74) is 2.20. The molecule has 0 fully saturated rings. The van der Waals surface area contributed by atoms with Crippen molar-refractivity contribution in [3.63, 3.8) is 0 Å². The fourth-order valence-electron chi connectivity index (χ4n) is 2.40. The molecular formula is C21H19NO5. The molecule has 0 spiro atoms. The summed E-state index contributed by atoms with van der Waals surface area (Å²) in [6, 6.07) is 14.9. The second-order valence-electron chi connectivity index (χ2n) is 5.57. The largest absolute Gasteiger partial charge is 0.493 e. The Kier molecular flexibility index (Phi) is 5.89. The second-order valence-corrected chi connectivity index (χ2v) is 5.57. The van der Waals surface area contributed by atoms with Crippen LogP contribution in [0.3, 0.4) is 0 Å². The quantitative estimate of drug-likeness (QED) is 0.463. The van der Waals surface area contributed by atoms with Crippen molar-refractivity contribution in [2.24, 2.45) is 0 Å². The maximum Gasteiger partial charge on any atom is 0.331 e. The van der Waals surface area contributed by atoms with Gasteiger partial charge in [-0.2, -0.15) is 0 Å². The summed E-state index contributed by atoms with van der Waals surface area (Å²) in [6.45, 7) is 0.0332. The molecule has 0 N–H and O–H groups in total. The molecule has 1 heterocycles. The number of oxazole rings is 1. The molecule has 138 valence electrons. The van der Waals surface area contributed by atoms with E-state index in [1.54, 1.807) is 32.4 Å². The smallest absolute Gasteiger partial charge is 0.331 e. The number of hydrogen-bond acceptors (Lipinski definition) is 6. The van der Waals surface area contributed by atoms with Crippen LogP contribution < -0.4 is 9.47 Å². The van der Waals surface area contributed by atoms with Gasteiger partial charge < -0.3 is 18.6 Å². The van der Waals surface area contributed by atoms with Gasteiger partial charge in [0, 0.05) is 11.6 Å². The van der Waals surface area contributed by atoms with Crippen LogP contribution in [0.1, 0.15) is 11.3 Å². The number of hydrogen-bond donors (Lipinski definition) is 0. The Morgan fingerprint density at radius 2 is 1.85 bits per heavy atom. The molecule has 27 heavy (non-hydrogen) atoms. The van der Waals surface area contributed by atoms with Crippen LogP contribution in [-0.2, 0) is 16.1 Å². The van der Waals surface area contributed by atoms with Crippen LogP contribution in [0.5, 0.6) is 11.5 Å². The van der Waals surface area contributed by atoms with Gasteiger partial charge in [0.1, 0.15) is 18.6 Å². The summed E-state index contributed by atoms with van der Waals surface area (Å²) in [5.74, 6) is 1.22. The van der Waals surface area contributed by atoms with Crippen LogP contribution in [0.2, 0.25) is 0 Å². The predicted molar refractivity (Wildman–Crippen MR) is 100 cm³/mol. The number of aromatic nitrogens is 1. The van der Waals surface area contributed by atoms with Gasteiger partial charge in [-0.3, -0.25) is 0 Å². The summed E-state index contributed by atoms with van der Waals surface area (Å²) < 4.78 is 21.0. The summed E-state index contributed by atoms with van der Waals surface area (Å²) in [4.78, 5) is 16.2. The molecule has 0 aliphatic carbocycles. The normalized spacial score (nSPS) is 10.7. The molecule has 0 saturated heterocycles. The predicted octanol–water partition coefficient (Wildman–Crippen LogP) is 4.12. The molecule has 0 aliphatic rings. The highest BCUT2D eigenvalue weighted by Crippen LogP contribution is 2.28. The van der Waals surface area contributed by atoms with Crippen molar-refractivity contribution in [3.05, 3.63) is 72.1 Å². The summed E-state index contributed by atoms with van der Waals surface area (Å²) in [6.07, 6.45) is 4.47. The minimum Gasteiger partial charge on any atom is -0.493 e. The minimum absolute atomic E-state index is 0.0332. The first-order valence-corrected chi connectivity index (χ1v) is 8.26. The lowest BCUT2D eigenvalue weighted by Gasteiger charge is -2.07. The van der Waals surface area contributed by atoms with Gasteiger partial charge in [0.15, 0.2) is 11.5 Å². The lowest BCUT2D eigenvalue weighted by Crippen LogP contribution is -2.01. The fraction of sp³-hybridized carbons (Fsp3) is 0.143. The van der Waals surface area contributed by atoms with Crippen molar-refractivity contribution in [1.82, 2.24) is 4.98 Å². The zero-order valence-corrected chi connectivity index (χ0v) is 15.0. The highest BCUT2D eigenvalue weighted by Gasteiger charge is 2.08. The van der Waals surface area contributed by atoms with E-state index in [1.807, 2.05) is 36.4 Å². The number of ether oxygens (including phenoxy) is 3.